The van der Waals surface area contributed by atoms with Crippen molar-refractivity contribution in [1.29, 1.82) is 0 Å². The van der Waals surface area contributed by atoms with Gasteiger partial charge in [-0.15, -0.1) is 45.8 Å². The molecule has 0 fully saturated rings. The maximum Gasteiger partial charge on any atom is 4.00 e. The average molecular weight is 710 g/mol. The van der Waals surface area contributed by atoms with Crippen molar-refractivity contribution in [2.75, 3.05) is 0 Å². The Bertz CT molecular complexity index is 1650. The molecule has 0 amide bonds. The molecule has 0 aromatic heterocycles. The Hall–Kier alpha value is -1.71. The van der Waals surface area contributed by atoms with Gasteiger partial charge in [0.25, 0.3) is 0 Å². The van der Waals surface area contributed by atoms with Gasteiger partial charge < -0.3 is 37.2 Å². The first-order valence-corrected chi connectivity index (χ1v) is 17.1. The molecule has 0 spiro atoms. The molecule has 0 saturated carbocycles. The Balaban J connectivity index is 0.00000253. The molecule has 0 atom stereocenters. The summed E-state index contributed by atoms with van der Waals surface area (Å²) < 4.78 is 0. The summed E-state index contributed by atoms with van der Waals surface area (Å²) in [6.45, 7) is 25.6. The van der Waals surface area contributed by atoms with E-state index in [9.17, 15) is 0 Å². The summed E-state index contributed by atoms with van der Waals surface area (Å²) in [5.74, 6) is 0. The van der Waals surface area contributed by atoms with E-state index in [1.165, 1.54) is 70.5 Å². The van der Waals surface area contributed by atoms with Crippen LogP contribution in [0.3, 0.4) is 0 Å². The molecule has 0 unspecified atom stereocenters. The number of benzene rings is 4. The monoisotopic (exact) mass is 708 g/mol. The van der Waals surface area contributed by atoms with Gasteiger partial charge in [-0.05, 0) is 49.7 Å². The van der Waals surface area contributed by atoms with Crippen LogP contribution >= 0.6 is 0 Å². The third kappa shape index (κ3) is 7.89. The molecule has 0 aliphatic rings. The van der Waals surface area contributed by atoms with Crippen molar-refractivity contribution in [3.8, 4) is 0 Å². The summed E-state index contributed by atoms with van der Waals surface area (Å²) in [5, 5.41) is 8.72. The van der Waals surface area contributed by atoms with E-state index in [1.54, 1.807) is 0 Å². The van der Waals surface area contributed by atoms with Crippen molar-refractivity contribution in [2.24, 2.45) is 0 Å². The molecule has 0 radical (unpaired) electrons. The van der Waals surface area contributed by atoms with Gasteiger partial charge in [-0.1, -0.05) is 147 Å². The van der Waals surface area contributed by atoms with Crippen LogP contribution in [0.1, 0.15) is 80.5 Å². The number of hydrogen-bond acceptors (Lipinski definition) is 0. The number of rotatable bonds is 4. The fourth-order valence-corrected chi connectivity index (χ4v) is 12.6. The van der Waals surface area contributed by atoms with Crippen LogP contribution in [-0.4, -0.2) is 8.07 Å². The molecule has 5 aromatic rings. The summed E-state index contributed by atoms with van der Waals surface area (Å²) in [4.78, 5) is 0. The van der Waals surface area contributed by atoms with Crippen LogP contribution in [0.5, 0.6) is 0 Å². The van der Waals surface area contributed by atoms with Crippen LogP contribution in [0.25, 0.3) is 10.8 Å². The summed E-state index contributed by atoms with van der Waals surface area (Å²) in [6, 6.07) is 33.8. The third-order valence-electron chi connectivity index (χ3n) is 8.78. The summed E-state index contributed by atoms with van der Waals surface area (Å²) in [7, 11) is -2.80. The predicted molar refractivity (Wildman–Crippen MR) is 184 cm³/mol. The van der Waals surface area contributed by atoms with E-state index in [0.29, 0.717) is 0 Å². The molecule has 45 heavy (non-hydrogen) atoms. The molecule has 5 rings (SSSR count). The van der Waals surface area contributed by atoms with E-state index in [2.05, 4.69) is 161 Å². The number of halogens is 3. The van der Waals surface area contributed by atoms with Gasteiger partial charge in [-0.25, -0.2) is 0 Å². The smallest absolute Gasteiger partial charge is 1.00 e. The van der Waals surface area contributed by atoms with Gasteiger partial charge in [0.1, 0.15) is 8.07 Å². The summed E-state index contributed by atoms with van der Waals surface area (Å²) in [5.41, 5.74) is 9.62. The predicted octanol–water partition coefficient (Wildman–Crippen LogP) is -0.917. The summed E-state index contributed by atoms with van der Waals surface area (Å²) in [6.07, 6.45) is 0. The molecular weight excluding hydrogens is 663 g/mol. The van der Waals surface area contributed by atoms with Crippen LogP contribution in [0.2, 0.25) is 0 Å². The Kier molecular flexibility index (Phi) is 13.8. The number of hydrogen-bond donors (Lipinski definition) is 0. The third-order valence-corrected chi connectivity index (χ3v) is 13.7. The fourth-order valence-electron chi connectivity index (χ4n) is 6.89. The van der Waals surface area contributed by atoms with Crippen molar-refractivity contribution in [2.45, 2.75) is 87.0 Å². The SMILES string of the molecule is Cc1cc(C)cc([Si](c2cc(C)cc(C)c2)(c2cc(C(C)(C)C)cc(C(C)(C)C)c2)c2c(C)[cH-]c3ccccc23)c1.[Cl-].[Cl-].[Cl-].[Ti+4]. The Morgan fingerprint density at radius 3 is 1.29 bits per heavy atom. The molecule has 0 bridgehead atoms. The van der Waals surface area contributed by atoms with Crippen LogP contribution in [0, 0.1) is 34.6 Å². The van der Waals surface area contributed by atoms with E-state index in [-0.39, 0.29) is 69.8 Å². The second-order valence-corrected chi connectivity index (χ2v) is 18.3. The van der Waals surface area contributed by atoms with Crippen LogP contribution < -0.4 is 58.0 Å². The minimum absolute atomic E-state index is 0. The first kappa shape index (κ1) is 41.3. The second-order valence-electron chi connectivity index (χ2n) is 14.6. The molecule has 236 valence electrons. The summed E-state index contributed by atoms with van der Waals surface area (Å²) >= 11 is 0. The van der Waals surface area contributed by atoms with Crippen LogP contribution in [0.4, 0.5) is 0 Å². The average Bonchev–Trinajstić information content (AvgIpc) is 3.18. The van der Waals surface area contributed by atoms with Gasteiger partial charge >= 0.3 is 21.7 Å². The molecule has 0 heterocycles. The molecule has 0 saturated heterocycles. The zero-order valence-electron chi connectivity index (χ0n) is 28.7. The maximum absolute atomic E-state index is 2.80. The minimum Gasteiger partial charge on any atom is -1.00 e. The first-order chi connectivity index (χ1) is 19.1. The first-order valence-electron chi connectivity index (χ1n) is 15.1. The number of aryl methyl sites for hydroxylation is 5. The van der Waals surface area contributed by atoms with Gasteiger partial charge in [-0.3, -0.25) is 0 Å². The van der Waals surface area contributed by atoms with Crippen molar-refractivity contribution < 1.29 is 58.9 Å². The molecule has 0 aliphatic carbocycles. The van der Waals surface area contributed by atoms with E-state index >= 15 is 0 Å². The molecule has 0 nitrogen and oxygen atoms in total. The Morgan fingerprint density at radius 2 is 0.889 bits per heavy atom. The molecule has 5 heteroatoms. The molecule has 0 N–H and O–H groups in total. The zero-order chi connectivity index (χ0) is 29.9. The minimum atomic E-state index is -2.80. The van der Waals surface area contributed by atoms with Crippen molar-refractivity contribution in [3.63, 3.8) is 0 Å². The van der Waals surface area contributed by atoms with Gasteiger partial charge in [0, 0.05) is 0 Å². The van der Waals surface area contributed by atoms with Gasteiger partial charge in [0.05, 0.1) is 0 Å². The van der Waals surface area contributed by atoms with E-state index in [1.807, 2.05) is 0 Å². The van der Waals surface area contributed by atoms with Crippen LogP contribution in [-0.2, 0) is 32.5 Å². The van der Waals surface area contributed by atoms with Gasteiger partial charge in [0.2, 0.25) is 0 Å². The fraction of sp³-hybridized carbons (Fsp3) is 0.325. The van der Waals surface area contributed by atoms with E-state index in [0.717, 1.165) is 0 Å². The Labute approximate surface area is 307 Å². The quantitative estimate of drug-likeness (QED) is 0.129. The van der Waals surface area contributed by atoms with Crippen molar-refractivity contribution >= 4 is 39.6 Å². The normalized spacial score (nSPS) is 11.6. The molecular formula is C40H47Cl3SiTi. The molecule has 5 aromatic carbocycles. The number of fused-ring (bicyclic) bond motifs is 1. The van der Waals surface area contributed by atoms with Crippen molar-refractivity contribution in [3.05, 3.63) is 124 Å². The largest absolute Gasteiger partial charge is 4.00 e. The van der Waals surface area contributed by atoms with Gasteiger partial charge in [0.15, 0.2) is 0 Å². The Morgan fingerprint density at radius 1 is 0.511 bits per heavy atom. The zero-order valence-corrected chi connectivity index (χ0v) is 33.5. The van der Waals surface area contributed by atoms with Gasteiger partial charge in [-0.2, -0.15) is 0 Å². The maximum atomic E-state index is 2.58. The van der Waals surface area contributed by atoms with Crippen molar-refractivity contribution in [1.82, 2.24) is 0 Å². The van der Waals surface area contributed by atoms with E-state index in [4.69, 9.17) is 0 Å². The topological polar surface area (TPSA) is 0 Å². The van der Waals surface area contributed by atoms with Crippen LogP contribution in [0.15, 0.2) is 84.9 Å². The standard InChI is InChI=1S/C40H47Si.3ClH.Ti/c1-26-16-27(2)19-34(18-26)41(35-20-28(3)17-29(4)21-35,38-30(5)22-31-14-12-13-15-37(31)38)36-24-32(39(6,7)8)23-33(25-36)40(9,10)11;;;;/h12-25H,1-11H3;3*1H;/q-1;;;;+4/p-3. The van der Waals surface area contributed by atoms with E-state index < -0.39 is 8.07 Å². The second kappa shape index (κ2) is 15.0. The molecule has 0 aliphatic heterocycles.